The number of ether oxygens (including phenoxy) is 1. The molecule has 80 valence electrons. The van der Waals surface area contributed by atoms with Gasteiger partial charge in [-0.1, -0.05) is 0 Å². The van der Waals surface area contributed by atoms with Crippen molar-refractivity contribution in [2.75, 3.05) is 19.7 Å². The van der Waals surface area contributed by atoms with E-state index in [2.05, 4.69) is 12.2 Å². The first-order valence-electron chi connectivity index (χ1n) is 5.38. The van der Waals surface area contributed by atoms with Crippen molar-refractivity contribution >= 4 is 6.09 Å². The van der Waals surface area contributed by atoms with Crippen LogP contribution in [0.3, 0.4) is 0 Å². The molecule has 4 nitrogen and oxygen atoms in total. The van der Waals surface area contributed by atoms with Crippen molar-refractivity contribution in [1.82, 2.24) is 10.2 Å². The van der Waals surface area contributed by atoms with Crippen LogP contribution in [0.25, 0.3) is 0 Å². The molecular formula is C10H18N2O2. The van der Waals surface area contributed by atoms with Gasteiger partial charge in [0.25, 0.3) is 0 Å². The van der Waals surface area contributed by atoms with Crippen LogP contribution in [0.5, 0.6) is 0 Å². The summed E-state index contributed by atoms with van der Waals surface area (Å²) in [6, 6.07) is 1.10. The van der Waals surface area contributed by atoms with Crippen LogP contribution in [0.15, 0.2) is 0 Å². The second-order valence-corrected chi connectivity index (χ2v) is 4.27. The lowest BCUT2D eigenvalue weighted by atomic mass is 10.0. The lowest BCUT2D eigenvalue weighted by Gasteiger charge is -2.17. The Morgan fingerprint density at radius 2 is 2.36 bits per heavy atom. The van der Waals surface area contributed by atoms with E-state index in [-0.39, 0.29) is 6.09 Å². The summed E-state index contributed by atoms with van der Waals surface area (Å²) in [7, 11) is 0. The summed E-state index contributed by atoms with van der Waals surface area (Å²) in [6.07, 6.45) is 1.02. The van der Waals surface area contributed by atoms with Gasteiger partial charge in [0, 0.05) is 25.2 Å². The zero-order valence-corrected chi connectivity index (χ0v) is 8.82. The van der Waals surface area contributed by atoms with Crippen molar-refractivity contribution < 1.29 is 9.53 Å². The maximum Gasteiger partial charge on any atom is 0.409 e. The smallest absolute Gasteiger partial charge is 0.409 e. The zero-order chi connectivity index (χ0) is 10.1. The molecule has 1 amide bonds. The average molecular weight is 198 g/mol. The highest BCUT2D eigenvalue weighted by Crippen LogP contribution is 2.28. The van der Waals surface area contributed by atoms with Crippen LogP contribution in [-0.4, -0.2) is 42.8 Å². The van der Waals surface area contributed by atoms with Gasteiger partial charge in [-0.25, -0.2) is 4.79 Å². The number of carbonyl (C=O) groups excluding carboxylic acids is 1. The number of likely N-dealkylation sites (tertiary alicyclic amines) is 1. The van der Waals surface area contributed by atoms with E-state index in [0.717, 1.165) is 13.1 Å². The van der Waals surface area contributed by atoms with Crippen LogP contribution in [0.4, 0.5) is 4.79 Å². The highest BCUT2D eigenvalue weighted by molar-refractivity contribution is 5.68. The number of amides is 1. The zero-order valence-electron chi connectivity index (χ0n) is 8.82. The minimum Gasteiger partial charge on any atom is -0.450 e. The van der Waals surface area contributed by atoms with Gasteiger partial charge in [-0.3, -0.25) is 0 Å². The fourth-order valence-corrected chi connectivity index (χ4v) is 2.55. The van der Waals surface area contributed by atoms with Crippen LogP contribution >= 0.6 is 0 Å². The summed E-state index contributed by atoms with van der Waals surface area (Å²) < 4.78 is 4.98. The largest absolute Gasteiger partial charge is 0.450 e. The van der Waals surface area contributed by atoms with E-state index < -0.39 is 0 Å². The summed E-state index contributed by atoms with van der Waals surface area (Å²) >= 11 is 0. The number of rotatable bonds is 1. The second-order valence-electron chi connectivity index (χ2n) is 4.27. The van der Waals surface area contributed by atoms with Crippen molar-refractivity contribution in [1.29, 1.82) is 0 Å². The van der Waals surface area contributed by atoms with Crippen molar-refractivity contribution in [2.24, 2.45) is 5.92 Å². The maximum atomic E-state index is 11.4. The van der Waals surface area contributed by atoms with Crippen molar-refractivity contribution in [3.63, 3.8) is 0 Å². The Morgan fingerprint density at radius 1 is 1.57 bits per heavy atom. The highest BCUT2D eigenvalue weighted by Gasteiger charge is 2.40. The van der Waals surface area contributed by atoms with Gasteiger partial charge in [-0.2, -0.15) is 0 Å². The monoisotopic (exact) mass is 198 g/mol. The van der Waals surface area contributed by atoms with E-state index >= 15 is 0 Å². The molecular weight excluding hydrogens is 180 g/mol. The molecule has 3 unspecified atom stereocenters. The molecule has 3 atom stereocenters. The van der Waals surface area contributed by atoms with Crippen LogP contribution in [-0.2, 0) is 4.74 Å². The first-order valence-corrected chi connectivity index (χ1v) is 5.38. The van der Waals surface area contributed by atoms with Gasteiger partial charge in [-0.05, 0) is 26.2 Å². The van der Waals surface area contributed by atoms with Crippen molar-refractivity contribution in [3.8, 4) is 0 Å². The van der Waals surface area contributed by atoms with E-state index in [9.17, 15) is 4.79 Å². The van der Waals surface area contributed by atoms with Gasteiger partial charge in [0.2, 0.25) is 0 Å². The Labute approximate surface area is 84.6 Å². The van der Waals surface area contributed by atoms with Crippen LogP contribution in [0.2, 0.25) is 0 Å². The molecule has 1 N–H and O–H groups in total. The molecule has 2 fully saturated rings. The molecule has 2 heterocycles. The average Bonchev–Trinajstić information content (AvgIpc) is 2.61. The highest BCUT2D eigenvalue weighted by atomic mass is 16.6. The maximum absolute atomic E-state index is 11.4. The predicted octanol–water partition coefficient (Wildman–Crippen LogP) is 0.825. The van der Waals surface area contributed by atoms with Gasteiger partial charge < -0.3 is 15.0 Å². The number of fused-ring (bicyclic) bond motifs is 1. The number of nitrogens with one attached hydrogen (secondary N) is 1. The van der Waals surface area contributed by atoms with E-state index in [0.29, 0.717) is 24.6 Å². The lowest BCUT2D eigenvalue weighted by molar-refractivity contribution is 0.113. The Morgan fingerprint density at radius 3 is 3.00 bits per heavy atom. The van der Waals surface area contributed by atoms with Gasteiger partial charge >= 0.3 is 6.09 Å². The summed E-state index contributed by atoms with van der Waals surface area (Å²) in [4.78, 5) is 13.3. The molecule has 0 aromatic heterocycles. The number of nitrogens with zero attached hydrogens (tertiary/aromatic N) is 1. The second kappa shape index (κ2) is 3.77. The Kier molecular flexibility index (Phi) is 2.63. The van der Waals surface area contributed by atoms with E-state index in [1.165, 1.54) is 6.42 Å². The summed E-state index contributed by atoms with van der Waals surface area (Å²) in [5.74, 6) is 0.634. The van der Waals surface area contributed by atoms with Crippen molar-refractivity contribution in [3.05, 3.63) is 0 Å². The molecule has 0 aromatic carbocycles. The van der Waals surface area contributed by atoms with Crippen LogP contribution in [0, 0.1) is 5.92 Å². The lowest BCUT2D eigenvalue weighted by Crippen LogP contribution is -2.36. The predicted molar refractivity (Wildman–Crippen MR) is 53.1 cm³/mol. The molecule has 14 heavy (non-hydrogen) atoms. The molecule has 0 aliphatic carbocycles. The summed E-state index contributed by atoms with van der Waals surface area (Å²) in [5.41, 5.74) is 0. The standard InChI is InChI=1S/C10H18N2O2/c1-3-14-10(13)12-5-8-4-7(2)11-9(8)6-12/h7-9,11H,3-6H2,1-2H3. The Hall–Kier alpha value is -0.770. The number of hydrogen-bond donors (Lipinski definition) is 1. The number of carbonyl (C=O) groups is 1. The van der Waals surface area contributed by atoms with Gasteiger partial charge in [-0.15, -0.1) is 0 Å². The quantitative estimate of drug-likeness (QED) is 0.678. The Bertz CT molecular complexity index is 218. The van der Waals surface area contributed by atoms with Gasteiger partial charge in [0.1, 0.15) is 0 Å². The molecule has 2 rings (SSSR count). The normalized spacial score (nSPS) is 35.9. The molecule has 0 radical (unpaired) electrons. The summed E-state index contributed by atoms with van der Waals surface area (Å²) in [5, 5.41) is 3.49. The summed E-state index contributed by atoms with van der Waals surface area (Å²) in [6.45, 7) is 6.19. The third-order valence-corrected chi connectivity index (χ3v) is 3.12. The van der Waals surface area contributed by atoms with Crippen LogP contribution < -0.4 is 5.32 Å². The third-order valence-electron chi connectivity index (χ3n) is 3.12. The molecule has 2 aliphatic heterocycles. The van der Waals surface area contributed by atoms with E-state index in [4.69, 9.17) is 4.74 Å². The third kappa shape index (κ3) is 1.71. The molecule has 4 heteroatoms. The van der Waals surface area contributed by atoms with Crippen LogP contribution in [0.1, 0.15) is 20.3 Å². The SMILES string of the molecule is CCOC(=O)N1CC2CC(C)NC2C1. The topological polar surface area (TPSA) is 41.6 Å². The molecule has 0 aromatic rings. The fraction of sp³-hybridized carbons (Fsp3) is 0.900. The first-order chi connectivity index (χ1) is 6.70. The van der Waals surface area contributed by atoms with Crippen molar-refractivity contribution in [2.45, 2.75) is 32.4 Å². The Balaban J connectivity index is 1.88. The molecule has 2 aliphatic rings. The van der Waals surface area contributed by atoms with Gasteiger partial charge in [0.05, 0.1) is 6.61 Å². The van der Waals surface area contributed by atoms with Gasteiger partial charge in [0.15, 0.2) is 0 Å². The minimum atomic E-state index is -0.156. The molecule has 0 bridgehead atoms. The van der Waals surface area contributed by atoms with E-state index in [1.54, 1.807) is 0 Å². The molecule has 2 saturated heterocycles. The minimum absolute atomic E-state index is 0.156. The fourth-order valence-electron chi connectivity index (χ4n) is 2.55. The van der Waals surface area contributed by atoms with E-state index in [1.807, 2.05) is 11.8 Å². The first kappa shape index (κ1) is 9.77. The molecule has 0 saturated carbocycles. The number of hydrogen-bond acceptors (Lipinski definition) is 3. The molecule has 0 spiro atoms.